The third-order valence-electron chi connectivity index (χ3n) is 4.79. The SMILES string of the molecule is Cc1cc(C)nc(NN/C=C2/C(=O)[C@@H](c3ccccc3)C(=O)c3ccccc32)n1. The molecule has 3 aromatic rings. The molecule has 6 heteroatoms. The van der Waals surface area contributed by atoms with Crippen molar-refractivity contribution in [2.75, 3.05) is 5.43 Å². The smallest absolute Gasteiger partial charge is 0.242 e. The number of anilines is 1. The number of ketones is 2. The number of carbonyl (C=O) groups is 2. The molecule has 0 unspecified atom stereocenters. The van der Waals surface area contributed by atoms with Crippen LogP contribution in [-0.4, -0.2) is 21.5 Å². The fourth-order valence-electron chi connectivity index (χ4n) is 3.55. The number of hydrogen-bond donors (Lipinski definition) is 2. The summed E-state index contributed by atoms with van der Waals surface area (Å²) < 4.78 is 0. The van der Waals surface area contributed by atoms with Gasteiger partial charge in [0, 0.05) is 28.7 Å². The summed E-state index contributed by atoms with van der Waals surface area (Å²) in [4.78, 5) is 34.9. The number of nitrogens with zero attached hydrogens (tertiary/aromatic N) is 2. The van der Waals surface area contributed by atoms with E-state index >= 15 is 0 Å². The first kappa shape index (κ1) is 18.6. The number of aromatic nitrogens is 2. The molecular formula is C23H20N4O2. The summed E-state index contributed by atoms with van der Waals surface area (Å²) in [6.45, 7) is 3.77. The number of fused-ring (bicyclic) bond motifs is 1. The first-order valence-corrected chi connectivity index (χ1v) is 9.31. The fraction of sp³-hybridized carbons (Fsp3) is 0.130. The van der Waals surface area contributed by atoms with Crippen molar-refractivity contribution in [1.29, 1.82) is 0 Å². The molecule has 6 nitrogen and oxygen atoms in total. The van der Waals surface area contributed by atoms with Crippen molar-refractivity contribution >= 4 is 23.1 Å². The van der Waals surface area contributed by atoms with Crippen LogP contribution >= 0.6 is 0 Å². The molecule has 144 valence electrons. The summed E-state index contributed by atoms with van der Waals surface area (Å²) in [7, 11) is 0. The van der Waals surface area contributed by atoms with Crippen molar-refractivity contribution in [1.82, 2.24) is 15.4 Å². The van der Waals surface area contributed by atoms with Gasteiger partial charge < -0.3 is 5.43 Å². The van der Waals surface area contributed by atoms with Crippen molar-refractivity contribution in [3.05, 3.63) is 94.9 Å². The van der Waals surface area contributed by atoms with Gasteiger partial charge in [0.15, 0.2) is 11.6 Å². The molecular weight excluding hydrogens is 364 g/mol. The van der Waals surface area contributed by atoms with E-state index in [1.807, 2.05) is 44.2 Å². The van der Waals surface area contributed by atoms with E-state index < -0.39 is 5.92 Å². The summed E-state index contributed by atoms with van der Waals surface area (Å²) in [5, 5.41) is 0. The third kappa shape index (κ3) is 3.65. The van der Waals surface area contributed by atoms with Gasteiger partial charge in [0.1, 0.15) is 5.92 Å². The van der Waals surface area contributed by atoms with Crippen LogP contribution in [0.1, 0.15) is 38.8 Å². The van der Waals surface area contributed by atoms with E-state index in [-0.39, 0.29) is 11.6 Å². The Morgan fingerprint density at radius 3 is 2.14 bits per heavy atom. The van der Waals surface area contributed by atoms with E-state index in [4.69, 9.17) is 0 Å². The standard InChI is InChI=1S/C23H20N4O2/c1-14-12-15(2)26-23(25-14)27-24-13-19-17-10-6-7-11-18(17)21(28)20(22(19)29)16-8-4-3-5-9-16/h3-13,20,24H,1-2H3,(H,25,26,27)/b19-13+/t20-/m0/s1. The topological polar surface area (TPSA) is 84.0 Å². The van der Waals surface area contributed by atoms with Gasteiger partial charge in [-0.1, -0.05) is 54.6 Å². The Hall–Kier alpha value is -3.80. The lowest BCUT2D eigenvalue weighted by molar-refractivity contribution is -0.114. The molecule has 0 saturated heterocycles. The molecule has 0 fully saturated rings. The second-order valence-electron chi connectivity index (χ2n) is 6.92. The van der Waals surface area contributed by atoms with E-state index in [1.54, 1.807) is 36.5 Å². The van der Waals surface area contributed by atoms with Crippen LogP contribution in [0, 0.1) is 13.8 Å². The van der Waals surface area contributed by atoms with Gasteiger partial charge in [0.05, 0.1) is 0 Å². The summed E-state index contributed by atoms with van der Waals surface area (Å²) in [5.41, 5.74) is 9.77. The Balaban J connectivity index is 1.69. The number of Topliss-reactive ketones (excluding diaryl/α,β-unsaturated/α-hetero) is 2. The Kier molecular flexibility index (Phi) is 4.91. The monoisotopic (exact) mass is 384 g/mol. The number of hydrazine groups is 1. The maximum atomic E-state index is 13.3. The van der Waals surface area contributed by atoms with Gasteiger partial charge in [-0.15, -0.1) is 0 Å². The van der Waals surface area contributed by atoms with Gasteiger partial charge >= 0.3 is 0 Å². The molecule has 1 aliphatic rings. The number of nitrogens with one attached hydrogen (secondary N) is 2. The molecule has 4 rings (SSSR count). The van der Waals surface area contributed by atoms with E-state index in [1.165, 1.54) is 0 Å². The van der Waals surface area contributed by atoms with E-state index in [2.05, 4.69) is 20.8 Å². The Morgan fingerprint density at radius 1 is 0.828 bits per heavy atom. The molecule has 1 atom stereocenters. The molecule has 0 amide bonds. The van der Waals surface area contributed by atoms with Gasteiger partial charge in [-0.2, -0.15) is 0 Å². The predicted octanol–water partition coefficient (Wildman–Crippen LogP) is 3.60. The number of aryl methyl sites for hydroxylation is 2. The quantitative estimate of drug-likeness (QED) is 0.406. The molecule has 1 aliphatic carbocycles. The van der Waals surface area contributed by atoms with Gasteiger partial charge in [-0.3, -0.25) is 15.0 Å². The summed E-state index contributed by atoms with van der Waals surface area (Å²) >= 11 is 0. The zero-order valence-corrected chi connectivity index (χ0v) is 16.1. The molecule has 0 aliphatic heterocycles. The number of carbonyl (C=O) groups excluding carboxylic acids is 2. The minimum Gasteiger partial charge on any atom is -0.305 e. The molecule has 29 heavy (non-hydrogen) atoms. The van der Waals surface area contributed by atoms with Crippen LogP contribution in [0.5, 0.6) is 0 Å². The Bertz CT molecular complexity index is 1100. The molecule has 1 aromatic heterocycles. The molecule has 2 aromatic carbocycles. The lowest BCUT2D eigenvalue weighted by Gasteiger charge is -2.25. The first-order valence-electron chi connectivity index (χ1n) is 9.31. The van der Waals surface area contributed by atoms with Crippen molar-refractivity contribution < 1.29 is 9.59 Å². The van der Waals surface area contributed by atoms with E-state index in [0.29, 0.717) is 28.2 Å². The average Bonchev–Trinajstić information content (AvgIpc) is 2.71. The van der Waals surface area contributed by atoms with Gasteiger partial charge in [-0.25, -0.2) is 9.97 Å². The Morgan fingerprint density at radius 2 is 1.45 bits per heavy atom. The summed E-state index contributed by atoms with van der Waals surface area (Å²) in [6.07, 6.45) is 1.57. The zero-order valence-electron chi connectivity index (χ0n) is 16.1. The predicted molar refractivity (Wildman–Crippen MR) is 111 cm³/mol. The lowest BCUT2D eigenvalue weighted by Crippen LogP contribution is -2.30. The van der Waals surface area contributed by atoms with Crippen molar-refractivity contribution in [2.24, 2.45) is 0 Å². The van der Waals surface area contributed by atoms with Gasteiger partial charge in [0.2, 0.25) is 5.95 Å². The van der Waals surface area contributed by atoms with Crippen LogP contribution in [0.25, 0.3) is 5.57 Å². The van der Waals surface area contributed by atoms with Crippen molar-refractivity contribution in [2.45, 2.75) is 19.8 Å². The first-order chi connectivity index (χ1) is 14.0. The van der Waals surface area contributed by atoms with Gasteiger partial charge in [0.25, 0.3) is 0 Å². The molecule has 0 spiro atoms. The molecule has 0 bridgehead atoms. The molecule has 0 saturated carbocycles. The largest absolute Gasteiger partial charge is 0.305 e. The average molecular weight is 384 g/mol. The molecule has 0 radical (unpaired) electrons. The molecule has 1 heterocycles. The summed E-state index contributed by atoms with van der Waals surface area (Å²) in [5.74, 6) is -0.863. The number of benzene rings is 2. The highest BCUT2D eigenvalue weighted by molar-refractivity contribution is 6.37. The third-order valence-corrected chi connectivity index (χ3v) is 4.79. The van der Waals surface area contributed by atoms with Crippen molar-refractivity contribution in [3.8, 4) is 0 Å². The van der Waals surface area contributed by atoms with Gasteiger partial charge in [-0.05, 0) is 31.0 Å². The number of hydrogen-bond acceptors (Lipinski definition) is 6. The summed E-state index contributed by atoms with van der Waals surface area (Å²) in [6, 6.07) is 18.2. The van der Waals surface area contributed by atoms with Crippen LogP contribution in [0.2, 0.25) is 0 Å². The van der Waals surface area contributed by atoms with Crippen LogP contribution in [-0.2, 0) is 4.79 Å². The minimum atomic E-state index is -0.850. The van der Waals surface area contributed by atoms with Crippen molar-refractivity contribution in [3.63, 3.8) is 0 Å². The maximum Gasteiger partial charge on any atom is 0.242 e. The highest BCUT2D eigenvalue weighted by Crippen LogP contribution is 2.36. The lowest BCUT2D eigenvalue weighted by atomic mass is 9.76. The second-order valence-corrected chi connectivity index (χ2v) is 6.92. The normalized spacial score (nSPS) is 17.2. The van der Waals surface area contributed by atoms with E-state index in [9.17, 15) is 9.59 Å². The van der Waals surface area contributed by atoms with Crippen LogP contribution in [0.4, 0.5) is 5.95 Å². The second kappa shape index (κ2) is 7.67. The van der Waals surface area contributed by atoms with E-state index in [0.717, 1.165) is 11.4 Å². The zero-order chi connectivity index (χ0) is 20.4. The number of allylic oxidation sites excluding steroid dienone is 1. The number of rotatable bonds is 4. The minimum absolute atomic E-state index is 0.181. The van der Waals surface area contributed by atoms with Crippen LogP contribution in [0.3, 0.4) is 0 Å². The Labute approximate surface area is 168 Å². The van der Waals surface area contributed by atoms with Crippen LogP contribution < -0.4 is 10.9 Å². The highest BCUT2D eigenvalue weighted by atomic mass is 16.2. The highest BCUT2D eigenvalue weighted by Gasteiger charge is 2.38. The molecule has 2 N–H and O–H groups in total. The van der Waals surface area contributed by atoms with Crippen LogP contribution in [0.15, 0.2) is 66.9 Å². The maximum absolute atomic E-state index is 13.3. The fourth-order valence-corrected chi connectivity index (χ4v) is 3.55.